The fourth-order valence-electron chi connectivity index (χ4n) is 2.52. The van der Waals surface area contributed by atoms with E-state index in [2.05, 4.69) is 9.58 Å². The Bertz CT molecular complexity index is 1030. The Morgan fingerprint density at radius 2 is 1.56 bits per heavy atom. The number of benzene rings is 2. The van der Waals surface area contributed by atoms with Crippen LogP contribution in [0.15, 0.2) is 36.4 Å². The molecule has 0 bridgehead atoms. The van der Waals surface area contributed by atoms with Gasteiger partial charge in [0.25, 0.3) is 5.54 Å². The maximum absolute atomic E-state index is 13.4. The lowest BCUT2D eigenvalue weighted by molar-refractivity contribution is -0.274. The Labute approximate surface area is 176 Å². The van der Waals surface area contributed by atoms with Crippen molar-refractivity contribution in [2.45, 2.75) is 31.4 Å². The third-order valence-electron chi connectivity index (χ3n) is 4.09. The summed E-state index contributed by atoms with van der Waals surface area (Å²) in [6.45, 7) is 7.66. The molecule has 0 aliphatic rings. The van der Waals surface area contributed by atoms with Crippen LogP contribution in [0, 0.1) is 18.2 Å². The molecule has 172 valence electrons. The molecule has 0 aliphatic heterocycles. The van der Waals surface area contributed by atoms with Crippen molar-refractivity contribution in [3.05, 3.63) is 70.6 Å². The number of nitrogens with zero attached hydrogens (tertiary/aromatic N) is 1. The summed E-state index contributed by atoms with van der Waals surface area (Å²) in [6, 6.07) is 3.89. The molecule has 0 radical (unpaired) electrons. The van der Waals surface area contributed by atoms with E-state index in [1.807, 2.05) is 0 Å². The zero-order valence-electron chi connectivity index (χ0n) is 16.1. The van der Waals surface area contributed by atoms with E-state index < -0.39 is 65.6 Å². The maximum atomic E-state index is 13.4. The highest BCUT2D eigenvalue weighted by Crippen LogP contribution is 2.38. The van der Waals surface area contributed by atoms with Gasteiger partial charge < -0.3 is 14.3 Å². The van der Waals surface area contributed by atoms with E-state index in [9.17, 15) is 39.9 Å². The number of hydrogen-bond donors (Lipinski definition) is 0. The third kappa shape index (κ3) is 6.57. The molecule has 0 heterocycles. The minimum atomic E-state index is -5.07. The van der Waals surface area contributed by atoms with E-state index in [0.29, 0.717) is 0 Å². The van der Waals surface area contributed by atoms with E-state index in [-0.39, 0.29) is 17.7 Å². The van der Waals surface area contributed by atoms with Crippen molar-refractivity contribution in [2.24, 2.45) is 0 Å². The Balaban J connectivity index is 2.16. The summed E-state index contributed by atoms with van der Waals surface area (Å²) in [5.41, 5.74) is -3.40. The molecule has 0 amide bonds. The summed E-state index contributed by atoms with van der Waals surface area (Å²) >= 11 is 0. The van der Waals surface area contributed by atoms with Gasteiger partial charge in [0.15, 0.2) is 24.0 Å². The highest BCUT2D eigenvalue weighted by molar-refractivity contribution is 5.97. The van der Waals surface area contributed by atoms with Gasteiger partial charge in [-0.25, -0.2) is 15.4 Å². The summed E-state index contributed by atoms with van der Waals surface area (Å²) < 4.78 is 111. The second kappa shape index (κ2) is 9.02. The molecule has 2 rings (SSSR count). The van der Waals surface area contributed by atoms with Crippen LogP contribution in [0.25, 0.3) is 4.85 Å². The van der Waals surface area contributed by atoms with Gasteiger partial charge in [0.1, 0.15) is 17.1 Å². The Hall–Kier alpha value is -3.36. The molecule has 0 saturated heterocycles. The van der Waals surface area contributed by atoms with Crippen LogP contribution in [0.1, 0.15) is 29.3 Å². The molecule has 2 aromatic rings. The van der Waals surface area contributed by atoms with E-state index in [1.165, 1.54) is 6.92 Å². The number of carbonyl (C=O) groups excluding carboxylic acids is 1. The van der Waals surface area contributed by atoms with Gasteiger partial charge in [-0.2, -0.15) is 13.2 Å². The van der Waals surface area contributed by atoms with Gasteiger partial charge in [0, 0.05) is 18.6 Å². The number of ether oxygens (including phenoxy) is 2. The monoisotopic (exact) mass is 467 g/mol. The van der Waals surface area contributed by atoms with Crippen molar-refractivity contribution in [3.63, 3.8) is 0 Å². The molecule has 2 aromatic carbocycles. The third-order valence-corrected chi connectivity index (χ3v) is 4.09. The smallest absolute Gasteiger partial charge is 0.484 e. The number of halogens is 8. The molecular weight excluding hydrogens is 454 g/mol. The summed E-state index contributed by atoms with van der Waals surface area (Å²) in [7, 11) is 0. The molecule has 0 saturated carbocycles. The summed E-state index contributed by atoms with van der Waals surface area (Å²) in [5.74, 6) is -5.71. The number of ketones is 1. The van der Waals surface area contributed by atoms with Crippen LogP contribution in [-0.2, 0) is 6.18 Å². The molecule has 0 fully saturated rings. The standard InChI is InChI=1S/C20H13F8NO3/c1-18(29-2,9-16(30)11-3-5-12(6-4-11)32-20(26,27)28)10-31-17-8-15(22)14(21)7-13(17)19(23,24)25/h3-8H,9-10H2,1H3. The first-order valence-electron chi connectivity index (χ1n) is 8.60. The van der Waals surface area contributed by atoms with Crippen molar-refractivity contribution >= 4 is 5.78 Å². The van der Waals surface area contributed by atoms with E-state index in [1.54, 1.807) is 0 Å². The van der Waals surface area contributed by atoms with Crippen molar-refractivity contribution in [3.8, 4) is 11.5 Å². The molecule has 32 heavy (non-hydrogen) atoms. The van der Waals surface area contributed by atoms with Crippen LogP contribution in [0.5, 0.6) is 11.5 Å². The summed E-state index contributed by atoms with van der Waals surface area (Å²) in [4.78, 5) is 15.6. The quantitative estimate of drug-likeness (QED) is 0.276. The van der Waals surface area contributed by atoms with E-state index in [0.717, 1.165) is 24.3 Å². The first-order valence-corrected chi connectivity index (χ1v) is 8.60. The molecule has 4 nitrogen and oxygen atoms in total. The van der Waals surface area contributed by atoms with Crippen molar-refractivity contribution in [1.82, 2.24) is 0 Å². The average Bonchev–Trinajstić information content (AvgIpc) is 2.67. The normalized spacial score (nSPS) is 13.8. The lowest BCUT2D eigenvalue weighted by atomic mass is 9.93. The molecule has 0 aliphatic carbocycles. The summed E-state index contributed by atoms with van der Waals surface area (Å²) in [6.07, 6.45) is -10.6. The largest absolute Gasteiger partial charge is 0.573 e. The predicted octanol–water partition coefficient (Wildman–Crippen LogP) is 6.21. The van der Waals surface area contributed by atoms with Gasteiger partial charge >= 0.3 is 12.5 Å². The fourth-order valence-corrected chi connectivity index (χ4v) is 2.52. The van der Waals surface area contributed by atoms with Crippen LogP contribution in [-0.4, -0.2) is 24.3 Å². The highest BCUT2D eigenvalue weighted by Gasteiger charge is 2.39. The molecular formula is C20H13F8NO3. The minimum absolute atomic E-state index is 0.0850. The summed E-state index contributed by atoms with van der Waals surface area (Å²) in [5, 5.41) is 0. The Morgan fingerprint density at radius 1 is 1.00 bits per heavy atom. The SMILES string of the molecule is [C-]#[N+]C(C)(COc1cc(F)c(F)cc1C(F)(F)F)CC(=O)c1ccc(OC(F)(F)F)cc1. The van der Waals surface area contributed by atoms with Crippen molar-refractivity contribution in [1.29, 1.82) is 0 Å². The van der Waals surface area contributed by atoms with Crippen molar-refractivity contribution < 1.29 is 49.4 Å². The topological polar surface area (TPSA) is 39.9 Å². The highest BCUT2D eigenvalue weighted by atomic mass is 19.4. The predicted molar refractivity (Wildman–Crippen MR) is 93.9 cm³/mol. The van der Waals surface area contributed by atoms with Crippen LogP contribution >= 0.6 is 0 Å². The average molecular weight is 467 g/mol. The number of carbonyl (C=O) groups is 1. The minimum Gasteiger partial charge on any atom is -0.484 e. The number of hydrogen-bond acceptors (Lipinski definition) is 3. The fraction of sp³-hybridized carbons (Fsp3) is 0.300. The number of alkyl halides is 6. The maximum Gasteiger partial charge on any atom is 0.573 e. The van der Waals surface area contributed by atoms with Crippen LogP contribution in [0.4, 0.5) is 35.1 Å². The number of rotatable bonds is 7. The second-order valence-corrected chi connectivity index (χ2v) is 6.83. The van der Waals surface area contributed by atoms with Crippen LogP contribution in [0.2, 0.25) is 0 Å². The lowest BCUT2D eigenvalue weighted by Crippen LogP contribution is -2.32. The van der Waals surface area contributed by atoms with Crippen LogP contribution < -0.4 is 9.47 Å². The zero-order chi connectivity index (χ0) is 24.3. The van der Waals surface area contributed by atoms with Gasteiger partial charge in [-0.3, -0.25) is 4.79 Å². The van der Waals surface area contributed by atoms with Crippen molar-refractivity contribution in [2.75, 3.05) is 6.61 Å². The first-order chi connectivity index (χ1) is 14.6. The van der Waals surface area contributed by atoms with Gasteiger partial charge in [-0.15, -0.1) is 13.2 Å². The zero-order valence-corrected chi connectivity index (χ0v) is 16.1. The van der Waals surface area contributed by atoms with Gasteiger partial charge in [0.2, 0.25) is 0 Å². The second-order valence-electron chi connectivity index (χ2n) is 6.83. The Morgan fingerprint density at radius 3 is 2.06 bits per heavy atom. The lowest BCUT2D eigenvalue weighted by Gasteiger charge is -2.20. The molecule has 0 N–H and O–H groups in total. The number of Topliss-reactive ketones (excluding diaryl/α,β-unsaturated/α-hetero) is 1. The Kier molecular flexibility index (Phi) is 7.02. The van der Waals surface area contributed by atoms with Gasteiger partial charge in [0.05, 0.1) is 6.42 Å². The molecule has 1 atom stereocenters. The van der Waals surface area contributed by atoms with E-state index >= 15 is 0 Å². The molecule has 0 spiro atoms. The molecule has 0 aromatic heterocycles. The first kappa shape index (κ1) is 24.9. The van der Waals surface area contributed by atoms with Crippen LogP contribution in [0.3, 0.4) is 0 Å². The molecule has 1 unspecified atom stereocenters. The van der Waals surface area contributed by atoms with E-state index in [4.69, 9.17) is 11.3 Å². The van der Waals surface area contributed by atoms with Gasteiger partial charge in [-0.05, 0) is 30.3 Å². The van der Waals surface area contributed by atoms with Gasteiger partial charge in [-0.1, -0.05) is 0 Å². The molecule has 12 heteroatoms.